The molecular weight excluding hydrogens is 403 g/mol. The first kappa shape index (κ1) is 19.3. The third-order valence-electron chi connectivity index (χ3n) is 6.62. The van der Waals surface area contributed by atoms with Gasteiger partial charge in [0, 0.05) is 48.4 Å². The Morgan fingerprint density at radius 2 is 1.97 bits per heavy atom. The summed E-state index contributed by atoms with van der Waals surface area (Å²) in [7, 11) is 0. The second kappa shape index (κ2) is 7.60. The smallest absolute Gasteiger partial charge is 0.159 e. The SMILES string of the molecule is CC(Nc1cc(-n2nc(N3CC4C[C@H]3CN4)c3ccccc32)ccn1)c1ccccc1F. The van der Waals surface area contributed by atoms with Crippen LogP contribution in [0.4, 0.5) is 16.0 Å². The molecule has 162 valence electrons. The Balaban J connectivity index is 1.35. The lowest BCUT2D eigenvalue weighted by molar-refractivity contribution is 0.575. The number of pyridine rings is 1. The molecule has 2 saturated heterocycles. The number of hydrogen-bond acceptors (Lipinski definition) is 5. The van der Waals surface area contributed by atoms with E-state index in [1.54, 1.807) is 18.3 Å². The fourth-order valence-corrected chi connectivity index (χ4v) is 5.03. The maximum atomic E-state index is 14.2. The number of anilines is 2. The number of piperazine rings is 1. The molecular formula is C25H25FN6. The van der Waals surface area contributed by atoms with Gasteiger partial charge >= 0.3 is 0 Å². The molecule has 0 aliphatic carbocycles. The summed E-state index contributed by atoms with van der Waals surface area (Å²) >= 11 is 0. The van der Waals surface area contributed by atoms with Gasteiger partial charge in [0.1, 0.15) is 11.6 Å². The van der Waals surface area contributed by atoms with E-state index >= 15 is 0 Å². The molecule has 2 aromatic heterocycles. The maximum absolute atomic E-state index is 14.2. The van der Waals surface area contributed by atoms with E-state index in [4.69, 9.17) is 5.10 Å². The van der Waals surface area contributed by atoms with Crippen molar-refractivity contribution in [3.05, 3.63) is 78.2 Å². The van der Waals surface area contributed by atoms with Gasteiger partial charge in [-0.3, -0.25) is 0 Å². The van der Waals surface area contributed by atoms with Crippen molar-refractivity contribution in [3.63, 3.8) is 0 Å². The third kappa shape index (κ3) is 3.20. The molecule has 2 aliphatic rings. The molecule has 2 aliphatic heterocycles. The van der Waals surface area contributed by atoms with E-state index in [0.29, 0.717) is 23.5 Å². The van der Waals surface area contributed by atoms with Crippen molar-refractivity contribution in [1.82, 2.24) is 20.1 Å². The molecule has 3 atom stereocenters. The van der Waals surface area contributed by atoms with Crippen LogP contribution in [0, 0.1) is 5.82 Å². The molecule has 32 heavy (non-hydrogen) atoms. The van der Waals surface area contributed by atoms with Gasteiger partial charge in [-0.05, 0) is 37.6 Å². The summed E-state index contributed by atoms with van der Waals surface area (Å²) in [5.41, 5.74) is 2.61. The fraction of sp³-hybridized carbons (Fsp3) is 0.280. The van der Waals surface area contributed by atoms with Gasteiger partial charge in [-0.2, -0.15) is 0 Å². The van der Waals surface area contributed by atoms with E-state index in [1.165, 1.54) is 12.5 Å². The fourth-order valence-electron chi connectivity index (χ4n) is 5.03. The Hall–Kier alpha value is -3.45. The lowest BCUT2D eigenvalue weighted by Crippen LogP contribution is -2.43. The van der Waals surface area contributed by atoms with Crippen LogP contribution in [0.5, 0.6) is 0 Å². The highest BCUT2D eigenvalue weighted by molar-refractivity contribution is 5.92. The lowest BCUT2D eigenvalue weighted by Gasteiger charge is -2.27. The normalized spacial score (nSPS) is 20.8. The first-order valence-electron chi connectivity index (χ1n) is 11.1. The zero-order valence-corrected chi connectivity index (χ0v) is 17.9. The van der Waals surface area contributed by atoms with E-state index in [2.05, 4.69) is 38.7 Å². The number of para-hydroxylation sites is 1. The number of aromatic nitrogens is 3. The van der Waals surface area contributed by atoms with Gasteiger partial charge in [0.25, 0.3) is 0 Å². The summed E-state index contributed by atoms with van der Waals surface area (Å²) < 4.78 is 16.2. The van der Waals surface area contributed by atoms with Crippen LogP contribution in [0.3, 0.4) is 0 Å². The number of rotatable bonds is 5. The molecule has 0 spiro atoms. The van der Waals surface area contributed by atoms with Crippen molar-refractivity contribution in [1.29, 1.82) is 0 Å². The van der Waals surface area contributed by atoms with Crippen LogP contribution >= 0.6 is 0 Å². The lowest BCUT2D eigenvalue weighted by atomic mass is 10.1. The van der Waals surface area contributed by atoms with E-state index in [-0.39, 0.29) is 11.9 Å². The van der Waals surface area contributed by atoms with Crippen molar-refractivity contribution < 1.29 is 4.39 Å². The molecule has 2 aromatic carbocycles. The van der Waals surface area contributed by atoms with E-state index < -0.39 is 0 Å². The van der Waals surface area contributed by atoms with Gasteiger partial charge in [-0.15, -0.1) is 5.10 Å². The van der Waals surface area contributed by atoms with Crippen LogP contribution in [0.2, 0.25) is 0 Å². The number of nitrogens with zero attached hydrogens (tertiary/aromatic N) is 4. The summed E-state index contributed by atoms with van der Waals surface area (Å²) in [6.45, 7) is 3.95. The molecule has 2 unspecified atom stereocenters. The number of benzene rings is 2. The number of fused-ring (bicyclic) bond motifs is 3. The molecule has 4 aromatic rings. The molecule has 2 N–H and O–H groups in total. The zero-order chi connectivity index (χ0) is 21.7. The van der Waals surface area contributed by atoms with Gasteiger partial charge in [0.05, 0.1) is 17.2 Å². The number of hydrogen-bond donors (Lipinski definition) is 2. The molecule has 2 bridgehead atoms. The molecule has 6 nitrogen and oxygen atoms in total. The van der Waals surface area contributed by atoms with Crippen molar-refractivity contribution in [2.24, 2.45) is 0 Å². The highest BCUT2D eigenvalue weighted by atomic mass is 19.1. The van der Waals surface area contributed by atoms with Crippen LogP contribution in [0.15, 0.2) is 66.9 Å². The zero-order valence-electron chi connectivity index (χ0n) is 17.9. The minimum atomic E-state index is -0.222. The van der Waals surface area contributed by atoms with Crippen molar-refractivity contribution in [2.75, 3.05) is 23.3 Å². The van der Waals surface area contributed by atoms with Gasteiger partial charge in [0.15, 0.2) is 5.82 Å². The van der Waals surface area contributed by atoms with Gasteiger partial charge in [-0.1, -0.05) is 30.3 Å². The summed E-state index contributed by atoms with van der Waals surface area (Å²) in [6.07, 6.45) is 2.95. The van der Waals surface area contributed by atoms with E-state index in [0.717, 1.165) is 35.5 Å². The second-order valence-electron chi connectivity index (χ2n) is 8.69. The highest BCUT2D eigenvalue weighted by Gasteiger charge is 2.39. The molecule has 0 saturated carbocycles. The predicted molar refractivity (Wildman–Crippen MR) is 125 cm³/mol. The molecule has 0 radical (unpaired) electrons. The third-order valence-corrected chi connectivity index (χ3v) is 6.62. The predicted octanol–water partition coefficient (Wildman–Crippen LogP) is 4.28. The summed E-state index contributed by atoms with van der Waals surface area (Å²) in [6, 6.07) is 20.0. The van der Waals surface area contributed by atoms with Crippen molar-refractivity contribution >= 4 is 22.5 Å². The molecule has 4 heterocycles. The Bertz CT molecular complexity index is 1280. The van der Waals surface area contributed by atoms with Crippen LogP contribution in [-0.2, 0) is 0 Å². The van der Waals surface area contributed by atoms with Gasteiger partial charge in [-0.25, -0.2) is 14.1 Å². The average Bonchev–Trinajstić information content (AvgIpc) is 3.54. The van der Waals surface area contributed by atoms with E-state index in [1.807, 2.05) is 35.9 Å². The Kier molecular flexibility index (Phi) is 4.57. The van der Waals surface area contributed by atoms with Crippen LogP contribution in [0.1, 0.15) is 24.9 Å². The van der Waals surface area contributed by atoms with Crippen molar-refractivity contribution in [2.45, 2.75) is 31.5 Å². The van der Waals surface area contributed by atoms with Gasteiger partial charge < -0.3 is 15.5 Å². The van der Waals surface area contributed by atoms with Crippen LogP contribution in [0.25, 0.3) is 16.6 Å². The summed E-state index contributed by atoms with van der Waals surface area (Å²) in [4.78, 5) is 6.91. The summed E-state index contributed by atoms with van der Waals surface area (Å²) in [5, 5.41) is 13.1. The molecule has 7 heteroatoms. The quantitative estimate of drug-likeness (QED) is 0.497. The topological polar surface area (TPSA) is 58.0 Å². The summed E-state index contributed by atoms with van der Waals surface area (Å²) in [5.74, 6) is 1.50. The number of halogens is 1. The second-order valence-corrected chi connectivity index (χ2v) is 8.69. The Morgan fingerprint density at radius 1 is 1.12 bits per heavy atom. The first-order chi connectivity index (χ1) is 15.7. The van der Waals surface area contributed by atoms with E-state index in [9.17, 15) is 4.39 Å². The first-order valence-corrected chi connectivity index (χ1v) is 11.1. The van der Waals surface area contributed by atoms with Gasteiger partial charge in [0.2, 0.25) is 0 Å². The van der Waals surface area contributed by atoms with Crippen LogP contribution < -0.4 is 15.5 Å². The Morgan fingerprint density at radius 3 is 2.78 bits per heavy atom. The monoisotopic (exact) mass is 428 g/mol. The minimum Gasteiger partial charge on any atom is -0.363 e. The standard InChI is InChI=1S/C25H25FN6/c1-16(20-6-2-4-8-22(20)26)29-24-13-18(10-11-27-24)32-23-9-5-3-7-21(23)25(30-32)31-15-17-12-19(31)14-28-17/h2-11,13,16-17,19,28H,12,14-15H2,1H3,(H,27,29)/t16?,17?,19-/m0/s1. The average molecular weight is 429 g/mol. The van der Waals surface area contributed by atoms with Crippen LogP contribution in [-0.4, -0.2) is 39.9 Å². The number of nitrogens with one attached hydrogen (secondary N) is 2. The van der Waals surface area contributed by atoms with Crippen molar-refractivity contribution in [3.8, 4) is 5.69 Å². The highest BCUT2D eigenvalue weighted by Crippen LogP contribution is 2.35. The minimum absolute atomic E-state index is 0.212. The largest absolute Gasteiger partial charge is 0.363 e. The molecule has 6 rings (SSSR count). The maximum Gasteiger partial charge on any atom is 0.159 e. The molecule has 2 fully saturated rings. The Labute approximate surface area is 186 Å². The molecule has 0 amide bonds.